The number of amides is 2. The number of methoxy groups -OCH3 is 1. The van der Waals surface area contributed by atoms with Gasteiger partial charge in [-0.25, -0.2) is 4.39 Å². The highest BCUT2D eigenvalue weighted by molar-refractivity contribution is 5.88. The number of ether oxygens (including phenoxy) is 2. The number of hydrogen-bond donors (Lipinski definition) is 1. The largest absolute Gasteiger partial charge is 0.497 e. The molecule has 1 atom stereocenters. The average molecular weight is 388 g/mol. The molecule has 0 aliphatic carbocycles. The molecule has 0 heterocycles. The van der Waals surface area contributed by atoms with Gasteiger partial charge in [-0.05, 0) is 48.4 Å². The van der Waals surface area contributed by atoms with Gasteiger partial charge in [0, 0.05) is 13.6 Å². The first-order chi connectivity index (χ1) is 13.5. The van der Waals surface area contributed by atoms with Crippen molar-refractivity contribution in [3.63, 3.8) is 0 Å². The van der Waals surface area contributed by atoms with Crippen LogP contribution in [0.1, 0.15) is 18.9 Å². The van der Waals surface area contributed by atoms with Gasteiger partial charge >= 0.3 is 0 Å². The second-order valence-corrected chi connectivity index (χ2v) is 6.15. The van der Waals surface area contributed by atoms with E-state index in [0.717, 1.165) is 5.56 Å². The number of nitrogens with zero attached hydrogens (tertiary/aromatic N) is 1. The standard InChI is InChI=1S/C21H25FN2O4/c1-4-19(21(26)23-2)24(13-15-6-5-7-18(12-15)27-3)20(25)14-28-17-10-8-16(22)9-11-17/h5-12,19H,4,13-14H2,1-3H3,(H,23,26)/t19-/m1/s1. The molecular formula is C21H25FN2O4. The third-order valence-corrected chi connectivity index (χ3v) is 4.30. The van der Waals surface area contributed by atoms with Crippen LogP contribution in [0.25, 0.3) is 0 Å². The molecule has 2 aromatic rings. The first kappa shape index (κ1) is 21.2. The number of benzene rings is 2. The van der Waals surface area contributed by atoms with Crippen LogP contribution in [0.2, 0.25) is 0 Å². The number of carbonyl (C=O) groups is 2. The Balaban J connectivity index is 2.19. The maximum Gasteiger partial charge on any atom is 0.261 e. The van der Waals surface area contributed by atoms with Crippen molar-refractivity contribution in [2.24, 2.45) is 0 Å². The molecule has 0 radical (unpaired) electrons. The lowest BCUT2D eigenvalue weighted by Crippen LogP contribution is -2.49. The second kappa shape index (κ2) is 10.3. The third-order valence-electron chi connectivity index (χ3n) is 4.30. The lowest BCUT2D eigenvalue weighted by Gasteiger charge is -2.30. The minimum Gasteiger partial charge on any atom is -0.497 e. The Morgan fingerprint density at radius 1 is 1.14 bits per heavy atom. The van der Waals surface area contributed by atoms with Crippen LogP contribution in [-0.4, -0.2) is 43.5 Å². The molecule has 2 amide bonds. The Morgan fingerprint density at radius 2 is 1.86 bits per heavy atom. The van der Waals surface area contributed by atoms with Crippen molar-refractivity contribution >= 4 is 11.8 Å². The highest BCUT2D eigenvalue weighted by Crippen LogP contribution is 2.18. The van der Waals surface area contributed by atoms with E-state index in [2.05, 4.69) is 5.32 Å². The molecule has 2 rings (SSSR count). The maximum atomic E-state index is 13.0. The zero-order valence-electron chi connectivity index (χ0n) is 16.3. The predicted octanol–water partition coefficient (Wildman–Crippen LogP) is 2.77. The van der Waals surface area contributed by atoms with E-state index in [0.29, 0.717) is 17.9 Å². The number of nitrogens with one attached hydrogen (secondary N) is 1. The van der Waals surface area contributed by atoms with Gasteiger partial charge in [-0.2, -0.15) is 0 Å². The van der Waals surface area contributed by atoms with Crippen molar-refractivity contribution in [2.75, 3.05) is 20.8 Å². The molecule has 28 heavy (non-hydrogen) atoms. The minimum atomic E-state index is -0.638. The summed E-state index contributed by atoms with van der Waals surface area (Å²) in [6, 6.07) is 12.1. The van der Waals surface area contributed by atoms with E-state index in [1.165, 1.54) is 36.2 Å². The van der Waals surface area contributed by atoms with E-state index >= 15 is 0 Å². The summed E-state index contributed by atoms with van der Waals surface area (Å²) in [7, 11) is 3.10. The van der Waals surface area contributed by atoms with Crippen molar-refractivity contribution in [2.45, 2.75) is 25.9 Å². The lowest BCUT2D eigenvalue weighted by molar-refractivity contribution is -0.142. The van der Waals surface area contributed by atoms with Crippen molar-refractivity contribution in [3.05, 3.63) is 59.9 Å². The second-order valence-electron chi connectivity index (χ2n) is 6.15. The van der Waals surface area contributed by atoms with Crippen LogP contribution in [-0.2, 0) is 16.1 Å². The van der Waals surface area contributed by atoms with Crippen LogP contribution in [0.15, 0.2) is 48.5 Å². The van der Waals surface area contributed by atoms with Crippen molar-refractivity contribution in [1.82, 2.24) is 10.2 Å². The Labute approximate surface area is 164 Å². The van der Waals surface area contributed by atoms with Crippen molar-refractivity contribution < 1.29 is 23.5 Å². The fraction of sp³-hybridized carbons (Fsp3) is 0.333. The SMILES string of the molecule is CC[C@H](C(=O)NC)N(Cc1cccc(OC)c1)C(=O)COc1ccc(F)cc1. The van der Waals surface area contributed by atoms with Crippen LogP contribution < -0.4 is 14.8 Å². The van der Waals surface area contributed by atoms with Gasteiger partial charge < -0.3 is 19.7 Å². The normalized spacial score (nSPS) is 11.4. The van der Waals surface area contributed by atoms with Crippen molar-refractivity contribution in [1.29, 1.82) is 0 Å². The van der Waals surface area contributed by atoms with Gasteiger partial charge in [-0.1, -0.05) is 19.1 Å². The Bertz CT molecular complexity index is 795. The number of hydrogen-bond acceptors (Lipinski definition) is 4. The number of halogens is 1. The summed E-state index contributed by atoms with van der Waals surface area (Å²) >= 11 is 0. The zero-order chi connectivity index (χ0) is 20.5. The van der Waals surface area contributed by atoms with Gasteiger partial charge in [0.25, 0.3) is 5.91 Å². The van der Waals surface area contributed by atoms with Gasteiger partial charge in [-0.15, -0.1) is 0 Å². The van der Waals surface area contributed by atoms with Gasteiger partial charge in [0.1, 0.15) is 23.4 Å². The van der Waals surface area contributed by atoms with Crippen LogP contribution in [0.4, 0.5) is 4.39 Å². The summed E-state index contributed by atoms with van der Waals surface area (Å²) in [5.41, 5.74) is 0.830. The minimum absolute atomic E-state index is 0.231. The van der Waals surface area contributed by atoms with Gasteiger partial charge in [-0.3, -0.25) is 9.59 Å². The lowest BCUT2D eigenvalue weighted by atomic mass is 10.1. The van der Waals surface area contributed by atoms with E-state index in [4.69, 9.17) is 9.47 Å². The summed E-state index contributed by atoms with van der Waals surface area (Å²) < 4.78 is 23.7. The number of likely N-dealkylation sites (N-methyl/N-ethyl adjacent to an activating group) is 1. The predicted molar refractivity (Wildman–Crippen MR) is 104 cm³/mol. The molecular weight excluding hydrogens is 363 g/mol. The molecule has 0 saturated carbocycles. The van der Waals surface area contributed by atoms with Crippen LogP contribution in [0, 0.1) is 5.82 Å². The van der Waals surface area contributed by atoms with Gasteiger partial charge in [0.15, 0.2) is 6.61 Å². The van der Waals surface area contributed by atoms with E-state index < -0.39 is 6.04 Å². The number of carbonyl (C=O) groups excluding carboxylic acids is 2. The highest BCUT2D eigenvalue weighted by atomic mass is 19.1. The molecule has 150 valence electrons. The maximum absolute atomic E-state index is 13.0. The average Bonchev–Trinajstić information content (AvgIpc) is 2.72. The smallest absolute Gasteiger partial charge is 0.261 e. The fourth-order valence-electron chi connectivity index (χ4n) is 2.81. The highest BCUT2D eigenvalue weighted by Gasteiger charge is 2.28. The molecule has 2 aromatic carbocycles. The summed E-state index contributed by atoms with van der Waals surface area (Å²) in [6.45, 7) is 1.81. The van der Waals surface area contributed by atoms with Crippen molar-refractivity contribution in [3.8, 4) is 11.5 Å². The third kappa shape index (κ3) is 5.70. The summed E-state index contributed by atoms with van der Waals surface area (Å²) in [5, 5.41) is 2.60. The molecule has 0 saturated heterocycles. The quantitative estimate of drug-likeness (QED) is 0.717. The topological polar surface area (TPSA) is 67.9 Å². The summed E-state index contributed by atoms with van der Waals surface area (Å²) in [4.78, 5) is 26.7. The molecule has 0 spiro atoms. The Morgan fingerprint density at radius 3 is 2.46 bits per heavy atom. The van der Waals surface area contributed by atoms with Gasteiger partial charge in [0.05, 0.1) is 7.11 Å². The first-order valence-corrected chi connectivity index (χ1v) is 9.00. The Kier molecular flexibility index (Phi) is 7.80. The molecule has 7 heteroatoms. The fourth-order valence-corrected chi connectivity index (χ4v) is 2.81. The van der Waals surface area contributed by atoms with Crippen LogP contribution in [0.5, 0.6) is 11.5 Å². The monoisotopic (exact) mass is 388 g/mol. The zero-order valence-corrected chi connectivity index (χ0v) is 16.3. The van der Waals surface area contributed by atoms with E-state index in [-0.39, 0.29) is 30.8 Å². The molecule has 0 aromatic heterocycles. The molecule has 0 aliphatic rings. The summed E-state index contributed by atoms with van der Waals surface area (Å²) in [6.07, 6.45) is 0.450. The Hall–Kier alpha value is -3.09. The van der Waals surface area contributed by atoms with E-state index in [1.807, 2.05) is 31.2 Å². The van der Waals surface area contributed by atoms with E-state index in [9.17, 15) is 14.0 Å². The molecule has 0 aliphatic heterocycles. The van der Waals surface area contributed by atoms with E-state index in [1.54, 1.807) is 7.11 Å². The molecule has 0 fully saturated rings. The van der Waals surface area contributed by atoms with Crippen LogP contribution >= 0.6 is 0 Å². The molecule has 0 bridgehead atoms. The first-order valence-electron chi connectivity index (χ1n) is 9.00. The molecule has 0 unspecified atom stereocenters. The molecule has 1 N–H and O–H groups in total. The van der Waals surface area contributed by atoms with Crippen LogP contribution in [0.3, 0.4) is 0 Å². The molecule has 6 nitrogen and oxygen atoms in total. The number of rotatable bonds is 9. The van der Waals surface area contributed by atoms with Gasteiger partial charge in [0.2, 0.25) is 5.91 Å². The summed E-state index contributed by atoms with van der Waals surface area (Å²) in [5.74, 6) is 0.0663.